The van der Waals surface area contributed by atoms with Crippen molar-refractivity contribution in [2.45, 2.75) is 23.7 Å². The first-order valence-electron chi connectivity index (χ1n) is 4.40. The fourth-order valence-corrected chi connectivity index (χ4v) is 1.42. The van der Waals surface area contributed by atoms with Crippen molar-refractivity contribution in [3.8, 4) is 0 Å². The second-order valence-electron chi connectivity index (χ2n) is 2.81. The molecule has 0 bridgehead atoms. The maximum absolute atomic E-state index is 11.1. The van der Waals surface area contributed by atoms with Gasteiger partial charge in [-0.25, -0.2) is 0 Å². The van der Waals surface area contributed by atoms with Crippen LogP contribution in [-0.4, -0.2) is 37.0 Å². The average Bonchev–Trinajstić information content (AvgIpc) is 2.31. The van der Waals surface area contributed by atoms with Crippen LogP contribution < -0.4 is 0 Å². The average molecular weight is 294 g/mol. The molecule has 0 aromatic rings. The molecule has 8 heteroatoms. The first-order valence-corrected chi connectivity index (χ1v) is 5.32. The summed E-state index contributed by atoms with van der Waals surface area (Å²) in [6, 6.07) is -0.917. The van der Waals surface area contributed by atoms with E-state index in [9.17, 15) is 9.59 Å². The number of halogens is 1. The maximum atomic E-state index is 11.1. The third-order valence-electron chi connectivity index (χ3n) is 1.81. The van der Waals surface area contributed by atoms with E-state index in [1.165, 1.54) is 14.2 Å². The van der Waals surface area contributed by atoms with Gasteiger partial charge in [0.25, 0.3) is 0 Å². The Morgan fingerprint density at radius 3 is 2.31 bits per heavy atom. The van der Waals surface area contributed by atoms with E-state index in [4.69, 9.17) is 5.53 Å². The van der Waals surface area contributed by atoms with E-state index >= 15 is 0 Å². The van der Waals surface area contributed by atoms with E-state index in [0.29, 0.717) is 6.42 Å². The summed E-state index contributed by atoms with van der Waals surface area (Å²) in [7, 11) is 2.47. The van der Waals surface area contributed by atoms with Gasteiger partial charge in [0.2, 0.25) is 0 Å². The molecule has 0 heterocycles. The van der Waals surface area contributed by atoms with Gasteiger partial charge in [-0.15, -0.1) is 0 Å². The first kappa shape index (κ1) is 14.7. The Hall–Kier alpha value is -1.27. The second-order valence-corrected chi connectivity index (χ2v) is 3.92. The van der Waals surface area contributed by atoms with Gasteiger partial charge >= 0.3 is 11.9 Å². The number of azide groups is 1. The molecule has 0 rings (SSSR count). The monoisotopic (exact) mass is 293 g/mol. The van der Waals surface area contributed by atoms with Crippen LogP contribution in [0.15, 0.2) is 5.11 Å². The molecule has 0 saturated heterocycles. The number of hydrogen-bond donors (Lipinski definition) is 0. The summed E-state index contributed by atoms with van der Waals surface area (Å²) in [4.78, 5) is 24.2. The first-order chi connectivity index (χ1) is 7.56. The molecule has 0 aliphatic heterocycles. The molecule has 0 fully saturated rings. The lowest BCUT2D eigenvalue weighted by Crippen LogP contribution is -2.23. The van der Waals surface area contributed by atoms with Gasteiger partial charge in [0, 0.05) is 4.91 Å². The lowest BCUT2D eigenvalue weighted by molar-refractivity contribution is -0.143. The second kappa shape index (κ2) is 7.95. The predicted molar refractivity (Wildman–Crippen MR) is 58.9 cm³/mol. The van der Waals surface area contributed by atoms with Gasteiger partial charge in [0.1, 0.15) is 10.9 Å². The van der Waals surface area contributed by atoms with Crippen LogP contribution in [0.25, 0.3) is 10.4 Å². The molecule has 0 aromatic heterocycles. The standard InChI is InChI=1S/C8H12BrN3O4/c1-15-7(13)5(9)3-4-6(11-12-10)8(14)16-2/h5-6H,3-4H2,1-2H3. The van der Waals surface area contributed by atoms with Gasteiger partial charge in [-0.2, -0.15) is 0 Å². The lowest BCUT2D eigenvalue weighted by Gasteiger charge is -2.10. The fraction of sp³-hybridized carbons (Fsp3) is 0.750. The van der Waals surface area contributed by atoms with Crippen LogP contribution in [-0.2, 0) is 19.1 Å². The molecular formula is C8H12BrN3O4. The number of nitrogens with zero attached hydrogens (tertiary/aromatic N) is 3. The molecule has 16 heavy (non-hydrogen) atoms. The van der Waals surface area contributed by atoms with E-state index < -0.39 is 22.8 Å². The van der Waals surface area contributed by atoms with E-state index in [1.54, 1.807) is 0 Å². The molecule has 7 nitrogen and oxygen atoms in total. The van der Waals surface area contributed by atoms with Crippen LogP contribution in [0.4, 0.5) is 0 Å². The van der Waals surface area contributed by atoms with Gasteiger partial charge in [0.15, 0.2) is 0 Å². The van der Waals surface area contributed by atoms with Crippen molar-refractivity contribution >= 4 is 27.9 Å². The van der Waals surface area contributed by atoms with Crippen molar-refractivity contribution in [1.82, 2.24) is 0 Å². The van der Waals surface area contributed by atoms with Crippen molar-refractivity contribution in [1.29, 1.82) is 0 Å². The molecule has 2 unspecified atom stereocenters. The third-order valence-corrected chi connectivity index (χ3v) is 2.65. The number of hydrogen-bond acceptors (Lipinski definition) is 5. The minimum atomic E-state index is -0.917. The summed E-state index contributed by atoms with van der Waals surface area (Å²) >= 11 is 3.09. The largest absolute Gasteiger partial charge is 0.469 e. The summed E-state index contributed by atoms with van der Waals surface area (Å²) in [6.45, 7) is 0. The molecule has 90 valence electrons. The molecule has 0 aromatic carbocycles. The van der Waals surface area contributed by atoms with Gasteiger partial charge in [-0.05, 0) is 18.4 Å². The van der Waals surface area contributed by atoms with Crippen molar-refractivity contribution < 1.29 is 19.1 Å². The van der Waals surface area contributed by atoms with E-state index in [-0.39, 0.29) is 6.42 Å². The van der Waals surface area contributed by atoms with Crippen LogP contribution in [0.1, 0.15) is 12.8 Å². The van der Waals surface area contributed by atoms with E-state index in [1.807, 2.05) is 0 Å². The predicted octanol–water partition coefficient (Wildman–Crippen LogP) is 1.55. The van der Waals surface area contributed by atoms with Crippen LogP contribution in [0, 0.1) is 0 Å². The van der Waals surface area contributed by atoms with Crippen molar-refractivity contribution in [3.63, 3.8) is 0 Å². The molecule has 0 N–H and O–H groups in total. The summed E-state index contributed by atoms with van der Waals surface area (Å²) in [5.41, 5.74) is 8.25. The molecule has 2 atom stereocenters. The molecule has 0 saturated carbocycles. The minimum absolute atomic E-state index is 0.210. The third kappa shape index (κ3) is 4.99. The molecule has 0 amide bonds. The van der Waals surface area contributed by atoms with Crippen LogP contribution in [0.5, 0.6) is 0 Å². The van der Waals surface area contributed by atoms with Crippen molar-refractivity contribution in [3.05, 3.63) is 10.4 Å². The Bertz CT molecular complexity index is 304. The molecule has 0 radical (unpaired) electrons. The van der Waals surface area contributed by atoms with Gasteiger partial charge in [-0.1, -0.05) is 21.0 Å². The highest BCUT2D eigenvalue weighted by atomic mass is 79.9. The minimum Gasteiger partial charge on any atom is -0.469 e. The molecule has 0 aliphatic carbocycles. The Morgan fingerprint density at radius 1 is 1.31 bits per heavy atom. The number of esters is 2. The summed E-state index contributed by atoms with van der Waals surface area (Å²) in [5.74, 6) is -1.06. The smallest absolute Gasteiger partial charge is 0.319 e. The van der Waals surface area contributed by atoms with Gasteiger partial charge in [-0.3, -0.25) is 9.59 Å². The highest BCUT2D eigenvalue weighted by Gasteiger charge is 2.22. The zero-order valence-electron chi connectivity index (χ0n) is 8.92. The van der Waals surface area contributed by atoms with Crippen molar-refractivity contribution in [2.75, 3.05) is 14.2 Å². The lowest BCUT2D eigenvalue weighted by atomic mass is 10.1. The topological polar surface area (TPSA) is 101 Å². The number of alkyl halides is 1. The molecule has 0 aliphatic rings. The Morgan fingerprint density at radius 2 is 1.88 bits per heavy atom. The highest BCUT2D eigenvalue weighted by Crippen LogP contribution is 2.14. The number of rotatable bonds is 6. The summed E-state index contributed by atoms with van der Waals surface area (Å²) < 4.78 is 8.93. The van der Waals surface area contributed by atoms with Crippen LogP contribution in [0.3, 0.4) is 0 Å². The van der Waals surface area contributed by atoms with Gasteiger partial charge in [0.05, 0.1) is 14.2 Å². The summed E-state index contributed by atoms with van der Waals surface area (Å²) in [5, 5.41) is 3.29. The van der Waals surface area contributed by atoms with Crippen LogP contribution >= 0.6 is 15.9 Å². The Kier molecular flexibility index (Phi) is 7.32. The molecule has 0 spiro atoms. The maximum Gasteiger partial charge on any atom is 0.319 e. The van der Waals surface area contributed by atoms with E-state index in [0.717, 1.165) is 0 Å². The van der Waals surface area contributed by atoms with Crippen molar-refractivity contribution in [2.24, 2.45) is 5.11 Å². The molecular weight excluding hydrogens is 282 g/mol. The van der Waals surface area contributed by atoms with Crippen LogP contribution in [0.2, 0.25) is 0 Å². The SMILES string of the molecule is COC(=O)C(Br)CCC(N=[N+]=[N-])C(=O)OC. The Labute approximate surface area is 101 Å². The highest BCUT2D eigenvalue weighted by molar-refractivity contribution is 9.10. The number of carbonyl (C=O) groups excluding carboxylic acids is 2. The normalized spacial score (nSPS) is 13.2. The zero-order chi connectivity index (χ0) is 12.6. The number of ether oxygens (including phenoxy) is 2. The zero-order valence-corrected chi connectivity index (χ0v) is 10.5. The van der Waals surface area contributed by atoms with Gasteiger partial charge < -0.3 is 9.47 Å². The fourth-order valence-electron chi connectivity index (χ4n) is 0.971. The quantitative estimate of drug-likeness (QED) is 0.244. The number of carbonyl (C=O) groups is 2. The Balaban J connectivity index is 4.27. The summed E-state index contributed by atoms with van der Waals surface area (Å²) in [6.07, 6.45) is 0.521. The number of methoxy groups -OCH3 is 2. The van der Waals surface area contributed by atoms with E-state index in [2.05, 4.69) is 35.4 Å².